The maximum Gasteiger partial charge on any atom is 0.354 e. The van der Waals surface area contributed by atoms with Crippen LogP contribution in [0.25, 0.3) is 10.9 Å². The molecule has 0 saturated carbocycles. The molecule has 20 heavy (non-hydrogen) atoms. The minimum absolute atomic E-state index is 0.0462. The summed E-state index contributed by atoms with van der Waals surface area (Å²) < 4.78 is 27.1. The minimum Gasteiger partial charge on any atom is -0.477 e. The van der Waals surface area contributed by atoms with Gasteiger partial charge in [0.1, 0.15) is 5.69 Å². The molecule has 0 atom stereocenters. The Kier molecular flexibility index (Phi) is 3.45. The highest BCUT2D eigenvalue weighted by Gasteiger charge is 2.22. The van der Waals surface area contributed by atoms with Crippen molar-refractivity contribution < 1.29 is 18.3 Å². The maximum absolute atomic E-state index is 11.9. The van der Waals surface area contributed by atoms with Gasteiger partial charge in [0.2, 0.25) is 0 Å². The molecule has 0 spiro atoms. The van der Waals surface area contributed by atoms with Crippen LogP contribution in [0.2, 0.25) is 0 Å². The van der Waals surface area contributed by atoms with E-state index >= 15 is 0 Å². The molecule has 7 nitrogen and oxygen atoms in total. The van der Waals surface area contributed by atoms with Crippen molar-refractivity contribution in [3.63, 3.8) is 0 Å². The van der Waals surface area contributed by atoms with Crippen LogP contribution in [0.15, 0.2) is 18.2 Å². The third-order valence-electron chi connectivity index (χ3n) is 2.88. The Balaban J connectivity index is 2.69. The first-order valence-corrected chi connectivity index (χ1v) is 7.22. The van der Waals surface area contributed by atoms with Crippen molar-refractivity contribution in [3.8, 4) is 0 Å². The van der Waals surface area contributed by atoms with Gasteiger partial charge in [-0.1, -0.05) is 11.6 Å². The lowest BCUT2D eigenvalue weighted by atomic mass is 10.1. The number of benzene rings is 1. The quantitative estimate of drug-likeness (QED) is 0.793. The number of anilines is 1. The molecule has 3 N–H and O–H groups in total. The maximum atomic E-state index is 11.9. The van der Waals surface area contributed by atoms with Crippen molar-refractivity contribution in [1.82, 2.24) is 9.29 Å². The van der Waals surface area contributed by atoms with Crippen LogP contribution in [0.1, 0.15) is 16.1 Å². The zero-order chi connectivity index (χ0) is 15.1. The summed E-state index contributed by atoms with van der Waals surface area (Å²) in [5, 5.41) is 9.71. The summed E-state index contributed by atoms with van der Waals surface area (Å²) in [4.78, 5) is 14.0. The molecular weight excluding hydrogens is 282 g/mol. The Labute approximate surface area is 116 Å². The number of nitrogens with zero attached hydrogens (tertiary/aromatic N) is 1. The Morgan fingerprint density at radius 1 is 1.35 bits per heavy atom. The van der Waals surface area contributed by atoms with Gasteiger partial charge in [-0.25, -0.2) is 4.79 Å². The number of aromatic amines is 1. The molecule has 0 aliphatic heterocycles. The second-order valence-electron chi connectivity index (χ2n) is 4.62. The molecule has 0 bridgehead atoms. The van der Waals surface area contributed by atoms with E-state index in [1.54, 1.807) is 12.1 Å². The van der Waals surface area contributed by atoms with Gasteiger partial charge in [-0.15, -0.1) is 0 Å². The molecule has 1 heterocycles. The minimum atomic E-state index is -3.78. The fraction of sp³-hybridized carbons (Fsp3) is 0.250. The molecule has 108 valence electrons. The number of carboxylic acid groups (broad SMARTS) is 1. The smallest absolute Gasteiger partial charge is 0.354 e. The van der Waals surface area contributed by atoms with Gasteiger partial charge in [0.25, 0.3) is 0 Å². The lowest BCUT2D eigenvalue weighted by Crippen LogP contribution is -2.29. The molecule has 0 saturated heterocycles. The lowest BCUT2D eigenvalue weighted by molar-refractivity contribution is 0.0692. The van der Waals surface area contributed by atoms with E-state index in [1.165, 1.54) is 14.1 Å². The largest absolute Gasteiger partial charge is 0.477 e. The van der Waals surface area contributed by atoms with Gasteiger partial charge in [0.15, 0.2) is 0 Å². The van der Waals surface area contributed by atoms with E-state index in [0.29, 0.717) is 10.9 Å². The van der Waals surface area contributed by atoms with Crippen LogP contribution in [-0.4, -0.2) is 42.9 Å². The fourth-order valence-electron chi connectivity index (χ4n) is 1.79. The number of rotatable bonds is 4. The van der Waals surface area contributed by atoms with Crippen molar-refractivity contribution in [2.45, 2.75) is 6.92 Å². The topological polar surface area (TPSA) is 102 Å². The summed E-state index contributed by atoms with van der Waals surface area (Å²) in [6, 6.07) is 5.26. The van der Waals surface area contributed by atoms with Crippen molar-refractivity contribution in [1.29, 1.82) is 0 Å². The summed E-state index contributed by atoms with van der Waals surface area (Å²) in [6.45, 7) is 1.84. The van der Waals surface area contributed by atoms with Gasteiger partial charge in [-0.05, 0) is 19.1 Å². The van der Waals surface area contributed by atoms with Crippen molar-refractivity contribution in [3.05, 3.63) is 29.5 Å². The average molecular weight is 297 g/mol. The first-order valence-electron chi connectivity index (χ1n) is 5.78. The first kappa shape index (κ1) is 14.4. The Morgan fingerprint density at radius 3 is 2.55 bits per heavy atom. The standard InChI is InChI=1S/C12H15N3O4S/c1-7-4-5-9-8(6-7)10(11(13-9)12(16)17)14-20(18,19)15(2)3/h4-6,13-14H,1-3H3,(H,16,17). The van der Waals surface area contributed by atoms with Gasteiger partial charge in [0, 0.05) is 25.0 Å². The van der Waals surface area contributed by atoms with Crippen molar-refractivity contribution in [2.75, 3.05) is 18.8 Å². The van der Waals surface area contributed by atoms with E-state index in [2.05, 4.69) is 9.71 Å². The highest BCUT2D eigenvalue weighted by molar-refractivity contribution is 7.90. The van der Waals surface area contributed by atoms with Crippen LogP contribution in [-0.2, 0) is 10.2 Å². The summed E-state index contributed by atoms with van der Waals surface area (Å²) in [5.41, 5.74) is 1.32. The number of H-pyrrole nitrogens is 1. The first-order chi connectivity index (χ1) is 9.22. The molecule has 0 unspecified atom stereocenters. The van der Waals surface area contributed by atoms with Crippen molar-refractivity contribution >= 4 is 32.8 Å². The van der Waals surface area contributed by atoms with Crippen LogP contribution in [0.3, 0.4) is 0 Å². The monoisotopic (exact) mass is 297 g/mol. The normalized spacial score (nSPS) is 12.0. The van der Waals surface area contributed by atoms with Crippen LogP contribution in [0.5, 0.6) is 0 Å². The Hall–Kier alpha value is -2.06. The number of aromatic nitrogens is 1. The molecule has 0 aliphatic carbocycles. The molecule has 0 aliphatic rings. The highest BCUT2D eigenvalue weighted by atomic mass is 32.2. The number of aryl methyl sites for hydroxylation is 1. The summed E-state index contributed by atoms with van der Waals surface area (Å²) in [5.74, 6) is -1.23. The van der Waals surface area contributed by atoms with Gasteiger partial charge < -0.3 is 10.1 Å². The number of fused-ring (bicyclic) bond motifs is 1. The van der Waals surface area contributed by atoms with E-state index < -0.39 is 16.2 Å². The summed E-state index contributed by atoms with van der Waals surface area (Å²) in [7, 11) is -1.05. The molecule has 0 amide bonds. The zero-order valence-electron chi connectivity index (χ0n) is 11.3. The van der Waals surface area contributed by atoms with Crippen LogP contribution < -0.4 is 4.72 Å². The predicted molar refractivity (Wildman–Crippen MR) is 76.2 cm³/mol. The number of carboxylic acids is 1. The molecule has 2 rings (SSSR count). The molecular formula is C12H15N3O4S. The number of hydrogen-bond donors (Lipinski definition) is 3. The second kappa shape index (κ2) is 4.80. The lowest BCUT2D eigenvalue weighted by Gasteiger charge is -2.13. The molecule has 0 fully saturated rings. The SMILES string of the molecule is Cc1ccc2[nH]c(C(=O)O)c(NS(=O)(=O)N(C)C)c2c1. The van der Waals surface area contributed by atoms with E-state index in [0.717, 1.165) is 9.87 Å². The third-order valence-corrected chi connectivity index (χ3v) is 4.30. The van der Waals surface area contributed by atoms with Crippen LogP contribution in [0.4, 0.5) is 5.69 Å². The average Bonchev–Trinajstić information content (AvgIpc) is 2.67. The van der Waals surface area contributed by atoms with Gasteiger partial charge >= 0.3 is 16.2 Å². The molecule has 1 aromatic heterocycles. The zero-order valence-corrected chi connectivity index (χ0v) is 12.1. The van der Waals surface area contributed by atoms with E-state index in [4.69, 9.17) is 0 Å². The number of nitrogens with one attached hydrogen (secondary N) is 2. The fourth-order valence-corrected chi connectivity index (χ4v) is 2.44. The molecule has 8 heteroatoms. The van der Waals surface area contributed by atoms with Crippen LogP contribution in [0, 0.1) is 6.92 Å². The molecule has 0 radical (unpaired) electrons. The highest BCUT2D eigenvalue weighted by Crippen LogP contribution is 2.29. The summed E-state index contributed by atoms with van der Waals surface area (Å²) in [6.07, 6.45) is 0. The van der Waals surface area contributed by atoms with Crippen molar-refractivity contribution in [2.24, 2.45) is 0 Å². The van der Waals surface area contributed by atoms with E-state index in [-0.39, 0.29) is 11.4 Å². The third kappa shape index (κ3) is 2.47. The van der Waals surface area contributed by atoms with Crippen LogP contribution >= 0.6 is 0 Å². The van der Waals surface area contributed by atoms with Gasteiger partial charge in [0.05, 0.1) is 5.69 Å². The molecule has 1 aromatic carbocycles. The Morgan fingerprint density at radius 2 is 2.00 bits per heavy atom. The van der Waals surface area contributed by atoms with E-state index in [1.807, 2.05) is 13.0 Å². The van der Waals surface area contributed by atoms with Gasteiger partial charge in [-0.3, -0.25) is 4.72 Å². The number of aromatic carboxylic acids is 1. The second-order valence-corrected chi connectivity index (χ2v) is 6.50. The summed E-state index contributed by atoms with van der Waals surface area (Å²) >= 11 is 0. The predicted octanol–water partition coefficient (Wildman–Crippen LogP) is 1.39. The number of hydrogen-bond acceptors (Lipinski definition) is 3. The Bertz CT molecular complexity index is 777. The molecule has 2 aromatic rings. The van der Waals surface area contributed by atoms with E-state index in [9.17, 15) is 18.3 Å². The van der Waals surface area contributed by atoms with Gasteiger partial charge in [-0.2, -0.15) is 12.7 Å². The number of carbonyl (C=O) groups is 1.